The molecule has 0 amide bonds. The van der Waals surface area contributed by atoms with E-state index in [0.717, 1.165) is 101 Å². The van der Waals surface area contributed by atoms with E-state index in [4.69, 9.17) is 44.1 Å². The Hall–Kier alpha value is -6.76. The van der Waals surface area contributed by atoms with Gasteiger partial charge in [-0.1, -0.05) is 224 Å². The molecular formula is C84H114Br2O9. The van der Waals surface area contributed by atoms with Gasteiger partial charge in [-0.25, -0.2) is 0 Å². The summed E-state index contributed by atoms with van der Waals surface area (Å²) in [5.41, 5.74) is 20.3. The molecule has 0 saturated heterocycles. The topological polar surface area (TPSA) is 127 Å². The van der Waals surface area contributed by atoms with Crippen LogP contribution in [0.1, 0.15) is 199 Å². The summed E-state index contributed by atoms with van der Waals surface area (Å²) >= 11 is 6.85. The van der Waals surface area contributed by atoms with Crippen molar-refractivity contribution in [3.05, 3.63) is 240 Å². The SMILES string of the molecule is CCCCCCOc1cc(C)cc(CC)c1.CCCCCCOc1cc(C)cc(COc2cc(C)cc(OCc3cc(C)cc(OCCCCCC)c3)c2)c1.Cc1cc(C)cc(CBr)c1.Cc1cc(C)cc(CBr)c1.Cc1cc(C)cc(CO)c1.OCc1cc(O)cc(O)c1. The second-order valence-electron chi connectivity index (χ2n) is 25.0. The third-order valence-electron chi connectivity index (χ3n) is 14.9. The van der Waals surface area contributed by atoms with E-state index in [2.05, 4.69) is 212 Å². The molecule has 0 aliphatic heterocycles. The molecule has 0 bridgehead atoms. The Balaban J connectivity index is 0.000000341. The molecule has 8 aromatic rings. The zero-order chi connectivity index (χ0) is 69.9. The fourth-order valence-electron chi connectivity index (χ4n) is 10.7. The number of phenolic OH excluding ortho intramolecular Hbond substituents is 2. The smallest absolute Gasteiger partial charge is 0.123 e. The summed E-state index contributed by atoms with van der Waals surface area (Å²) in [4.78, 5) is 0. The van der Waals surface area contributed by atoms with E-state index < -0.39 is 0 Å². The lowest BCUT2D eigenvalue weighted by Gasteiger charge is -2.14. The Labute approximate surface area is 589 Å². The Morgan fingerprint density at radius 3 is 0.832 bits per heavy atom. The molecule has 0 aliphatic rings. The van der Waals surface area contributed by atoms with Gasteiger partial charge >= 0.3 is 0 Å². The number of hydrogen-bond donors (Lipinski definition) is 4. The van der Waals surface area contributed by atoms with Crippen LogP contribution in [-0.4, -0.2) is 40.2 Å². The van der Waals surface area contributed by atoms with E-state index in [1.54, 1.807) is 0 Å². The van der Waals surface area contributed by atoms with E-state index in [1.807, 2.05) is 44.2 Å². The highest BCUT2D eigenvalue weighted by atomic mass is 79.9. The Morgan fingerprint density at radius 2 is 0.526 bits per heavy atom. The molecule has 11 heteroatoms. The van der Waals surface area contributed by atoms with Crippen molar-refractivity contribution in [2.75, 3.05) is 19.8 Å². The molecule has 0 saturated carbocycles. The first-order chi connectivity index (χ1) is 45.6. The lowest BCUT2D eigenvalue weighted by atomic mass is 10.1. The van der Waals surface area contributed by atoms with Crippen molar-refractivity contribution in [2.24, 2.45) is 0 Å². The van der Waals surface area contributed by atoms with Crippen LogP contribution in [0.2, 0.25) is 0 Å². The quantitative estimate of drug-likeness (QED) is 0.0268. The highest BCUT2D eigenvalue weighted by Gasteiger charge is 2.08. The summed E-state index contributed by atoms with van der Waals surface area (Å²) < 4.78 is 30.2. The van der Waals surface area contributed by atoms with Crippen LogP contribution in [0.4, 0.5) is 0 Å². The van der Waals surface area contributed by atoms with Crippen molar-refractivity contribution in [3.63, 3.8) is 0 Å². The molecule has 0 atom stereocenters. The van der Waals surface area contributed by atoms with E-state index in [0.29, 0.717) is 18.8 Å². The molecule has 0 unspecified atom stereocenters. The first-order valence-electron chi connectivity index (χ1n) is 34.2. The number of alkyl halides is 2. The Bertz CT molecular complexity index is 3060. The average molecular weight is 1430 g/mol. The summed E-state index contributed by atoms with van der Waals surface area (Å²) in [6.45, 7) is 33.1. The molecule has 4 N–H and O–H groups in total. The zero-order valence-electron chi connectivity index (χ0n) is 60.0. The summed E-state index contributed by atoms with van der Waals surface area (Å²) in [7, 11) is 0. The molecule has 518 valence electrons. The maximum Gasteiger partial charge on any atom is 0.123 e. The fourth-order valence-corrected chi connectivity index (χ4v) is 11.3. The maximum absolute atomic E-state index is 8.85. The van der Waals surface area contributed by atoms with Crippen molar-refractivity contribution < 1.29 is 44.1 Å². The average Bonchev–Trinajstić information content (AvgIpc) is 1.06. The van der Waals surface area contributed by atoms with Crippen LogP contribution in [0.5, 0.6) is 40.2 Å². The number of rotatable bonds is 29. The number of aryl methyl sites for hydroxylation is 11. The van der Waals surface area contributed by atoms with E-state index in [9.17, 15) is 0 Å². The highest BCUT2D eigenvalue weighted by molar-refractivity contribution is 9.08. The fraction of sp³-hybridized carbons (Fsp3) is 0.429. The van der Waals surface area contributed by atoms with Crippen LogP contribution < -0.4 is 23.7 Å². The minimum Gasteiger partial charge on any atom is -0.508 e. The predicted molar refractivity (Wildman–Crippen MR) is 406 cm³/mol. The van der Waals surface area contributed by atoms with Gasteiger partial charge in [-0.15, -0.1) is 0 Å². The molecule has 0 aromatic heterocycles. The molecule has 95 heavy (non-hydrogen) atoms. The molecule has 0 heterocycles. The first-order valence-corrected chi connectivity index (χ1v) is 36.5. The Kier molecular flexibility index (Phi) is 41.7. The monoisotopic (exact) mass is 1420 g/mol. The third-order valence-corrected chi connectivity index (χ3v) is 16.2. The van der Waals surface area contributed by atoms with Gasteiger partial charge in [0.25, 0.3) is 0 Å². The van der Waals surface area contributed by atoms with Crippen LogP contribution in [0.3, 0.4) is 0 Å². The number of aliphatic hydroxyl groups is 2. The standard InChI is InChI=1S/C35H48O4.C15H24O.2C9H11Br.C9H12O.C7H8O3/c1-6-8-10-12-14-36-32-18-27(3)16-30(22-32)25-38-34-20-29(5)21-35(24-34)39-26-31-17-28(4)19-33(23-31)37-15-13-11-9-7-2;1-4-6-7-8-9-16-15-11-13(3)10-14(5-2)12-15;3*1-7-3-8(2)5-9(4-7)6-10;8-4-5-1-6(9)3-7(10)2-5/h16-24H,6-15,25-26H2,1-5H3;10-12H,4-9H2,1-3H3;2*3-5H,6H2,1-2H3;3-5,10H,6H2,1-2H3;1-3,8-10H,4H2. The minimum atomic E-state index is -0.179. The number of hydrogen-bond acceptors (Lipinski definition) is 9. The molecule has 0 radical (unpaired) electrons. The number of aromatic hydroxyl groups is 2. The van der Waals surface area contributed by atoms with Crippen molar-refractivity contribution in [1.82, 2.24) is 0 Å². The number of benzene rings is 8. The van der Waals surface area contributed by atoms with Gasteiger partial charge in [-0.05, 0) is 217 Å². The van der Waals surface area contributed by atoms with E-state index in [1.165, 1.54) is 149 Å². The summed E-state index contributed by atoms with van der Waals surface area (Å²) in [6.07, 6.45) is 15.7. The van der Waals surface area contributed by atoms with Gasteiger partial charge in [-0.3, -0.25) is 0 Å². The van der Waals surface area contributed by atoms with Gasteiger partial charge in [0.1, 0.15) is 53.5 Å². The summed E-state index contributed by atoms with van der Waals surface area (Å²) in [6, 6.07) is 48.5. The number of halogens is 2. The molecule has 0 fully saturated rings. The molecule has 8 rings (SSSR count). The lowest BCUT2D eigenvalue weighted by molar-refractivity contribution is 0.280. The summed E-state index contributed by atoms with van der Waals surface area (Å²) in [5, 5.41) is 37.0. The third kappa shape index (κ3) is 37.4. The molecule has 0 aliphatic carbocycles. The number of ether oxygens (including phenoxy) is 5. The molecular weight excluding hydrogens is 1310 g/mol. The van der Waals surface area contributed by atoms with Crippen LogP contribution >= 0.6 is 31.9 Å². The predicted octanol–water partition coefficient (Wildman–Crippen LogP) is 23.0. The zero-order valence-corrected chi connectivity index (χ0v) is 63.2. The van der Waals surface area contributed by atoms with Crippen LogP contribution in [-0.2, 0) is 43.5 Å². The summed E-state index contributed by atoms with van der Waals surface area (Å²) in [5.74, 6) is 4.39. The van der Waals surface area contributed by atoms with Gasteiger partial charge in [0.15, 0.2) is 0 Å². The first kappa shape index (κ1) is 82.5. The van der Waals surface area contributed by atoms with Gasteiger partial charge < -0.3 is 44.1 Å². The van der Waals surface area contributed by atoms with Crippen molar-refractivity contribution >= 4 is 31.9 Å². The normalized spacial score (nSPS) is 10.4. The number of unbranched alkanes of at least 4 members (excludes halogenated alkanes) is 9. The second-order valence-corrected chi connectivity index (χ2v) is 26.2. The number of aliphatic hydroxyl groups excluding tert-OH is 2. The highest BCUT2D eigenvalue weighted by Crippen LogP contribution is 2.28. The minimum absolute atomic E-state index is 0.0379. The van der Waals surface area contributed by atoms with Gasteiger partial charge in [0.05, 0.1) is 33.0 Å². The molecule has 9 nitrogen and oxygen atoms in total. The second kappa shape index (κ2) is 48.0. The van der Waals surface area contributed by atoms with Crippen LogP contribution in [0.25, 0.3) is 0 Å². The van der Waals surface area contributed by atoms with Gasteiger partial charge in [0, 0.05) is 22.8 Å². The van der Waals surface area contributed by atoms with Crippen molar-refractivity contribution in [3.8, 4) is 40.2 Å². The largest absolute Gasteiger partial charge is 0.508 e. The number of phenols is 2. The lowest BCUT2D eigenvalue weighted by Crippen LogP contribution is -2.02. The van der Waals surface area contributed by atoms with E-state index in [-0.39, 0.29) is 24.7 Å². The van der Waals surface area contributed by atoms with Gasteiger partial charge in [-0.2, -0.15) is 0 Å². The van der Waals surface area contributed by atoms with Crippen molar-refractivity contribution in [2.45, 2.75) is 217 Å². The molecule has 8 aromatic carbocycles. The van der Waals surface area contributed by atoms with Gasteiger partial charge in [0.2, 0.25) is 0 Å². The van der Waals surface area contributed by atoms with Crippen molar-refractivity contribution in [1.29, 1.82) is 0 Å². The van der Waals surface area contributed by atoms with Crippen LogP contribution in [0.15, 0.2) is 146 Å². The van der Waals surface area contributed by atoms with Crippen LogP contribution in [0, 0.1) is 69.2 Å². The Morgan fingerprint density at radius 1 is 0.263 bits per heavy atom. The van der Waals surface area contributed by atoms with E-state index >= 15 is 0 Å². The molecule has 0 spiro atoms. The maximum atomic E-state index is 8.85.